The Balaban J connectivity index is 2.70. The Bertz CT molecular complexity index is 406. The standard InChI is InChI=1S/C13H19NO4/c1-4-9(13(15)16)8-14-10-5-6-11(17-2)12(7-10)18-3/h5-7,9,14H,4,8H2,1-3H3,(H,15,16). The molecule has 0 aliphatic carbocycles. The van der Waals surface area contributed by atoms with E-state index in [-0.39, 0.29) is 0 Å². The van der Waals surface area contributed by atoms with Crippen LogP contribution in [0.4, 0.5) is 5.69 Å². The Hall–Kier alpha value is -1.91. The number of nitrogens with one attached hydrogen (secondary N) is 1. The van der Waals surface area contributed by atoms with Gasteiger partial charge in [-0.05, 0) is 18.6 Å². The Morgan fingerprint density at radius 2 is 2.00 bits per heavy atom. The molecule has 0 heterocycles. The van der Waals surface area contributed by atoms with Crippen molar-refractivity contribution in [1.29, 1.82) is 0 Å². The van der Waals surface area contributed by atoms with Gasteiger partial charge >= 0.3 is 5.97 Å². The number of methoxy groups -OCH3 is 2. The number of aliphatic carboxylic acids is 1. The van der Waals surface area contributed by atoms with Gasteiger partial charge in [-0.25, -0.2) is 0 Å². The number of ether oxygens (including phenoxy) is 2. The van der Waals surface area contributed by atoms with E-state index in [1.54, 1.807) is 26.4 Å². The number of benzene rings is 1. The highest BCUT2D eigenvalue weighted by Crippen LogP contribution is 2.29. The van der Waals surface area contributed by atoms with E-state index >= 15 is 0 Å². The van der Waals surface area contributed by atoms with Gasteiger partial charge in [-0.2, -0.15) is 0 Å². The van der Waals surface area contributed by atoms with E-state index in [0.29, 0.717) is 24.5 Å². The normalized spacial score (nSPS) is 11.7. The molecule has 1 atom stereocenters. The molecule has 0 radical (unpaired) electrons. The molecule has 0 saturated heterocycles. The molecule has 2 N–H and O–H groups in total. The van der Waals surface area contributed by atoms with Gasteiger partial charge in [-0.15, -0.1) is 0 Å². The molecule has 0 amide bonds. The van der Waals surface area contributed by atoms with Crippen molar-refractivity contribution in [1.82, 2.24) is 0 Å². The zero-order chi connectivity index (χ0) is 13.5. The smallest absolute Gasteiger partial charge is 0.308 e. The number of carboxylic acids is 1. The summed E-state index contributed by atoms with van der Waals surface area (Å²) in [5.41, 5.74) is 0.812. The van der Waals surface area contributed by atoms with Gasteiger partial charge in [0.2, 0.25) is 0 Å². The first-order valence-corrected chi connectivity index (χ1v) is 5.81. The van der Waals surface area contributed by atoms with Crippen molar-refractivity contribution < 1.29 is 19.4 Å². The number of hydrogen-bond donors (Lipinski definition) is 2. The maximum atomic E-state index is 10.9. The second-order valence-electron chi connectivity index (χ2n) is 3.89. The number of carbonyl (C=O) groups is 1. The van der Waals surface area contributed by atoms with Crippen molar-refractivity contribution in [2.45, 2.75) is 13.3 Å². The molecule has 1 rings (SSSR count). The molecule has 0 bridgehead atoms. The molecular formula is C13H19NO4. The summed E-state index contributed by atoms with van der Waals surface area (Å²) in [5.74, 6) is 0.0859. The molecule has 18 heavy (non-hydrogen) atoms. The Morgan fingerprint density at radius 1 is 1.33 bits per heavy atom. The molecule has 5 heteroatoms. The van der Waals surface area contributed by atoms with E-state index in [1.807, 2.05) is 13.0 Å². The number of hydrogen-bond acceptors (Lipinski definition) is 4. The van der Waals surface area contributed by atoms with E-state index in [2.05, 4.69) is 5.32 Å². The summed E-state index contributed by atoms with van der Waals surface area (Å²) in [4.78, 5) is 10.9. The van der Waals surface area contributed by atoms with Crippen LogP contribution in [0.15, 0.2) is 18.2 Å². The van der Waals surface area contributed by atoms with Crippen molar-refractivity contribution in [2.75, 3.05) is 26.1 Å². The fourth-order valence-electron chi connectivity index (χ4n) is 1.59. The van der Waals surface area contributed by atoms with Gasteiger partial charge < -0.3 is 19.9 Å². The van der Waals surface area contributed by atoms with Crippen LogP contribution in [-0.2, 0) is 4.79 Å². The second-order valence-corrected chi connectivity index (χ2v) is 3.89. The topological polar surface area (TPSA) is 67.8 Å². The monoisotopic (exact) mass is 253 g/mol. The molecule has 0 aliphatic heterocycles. The molecule has 0 saturated carbocycles. The quantitative estimate of drug-likeness (QED) is 0.780. The third kappa shape index (κ3) is 3.55. The second kappa shape index (κ2) is 6.74. The van der Waals surface area contributed by atoms with Crippen LogP contribution < -0.4 is 14.8 Å². The minimum absolute atomic E-state index is 0.390. The van der Waals surface area contributed by atoms with Crippen molar-refractivity contribution in [3.8, 4) is 11.5 Å². The molecule has 5 nitrogen and oxygen atoms in total. The van der Waals surface area contributed by atoms with Crippen molar-refractivity contribution in [3.05, 3.63) is 18.2 Å². The Labute approximate surface area is 107 Å². The molecule has 0 aromatic heterocycles. The number of rotatable bonds is 7. The molecule has 0 aliphatic rings. The van der Waals surface area contributed by atoms with Crippen molar-refractivity contribution in [3.63, 3.8) is 0 Å². The number of carboxylic acid groups (broad SMARTS) is 1. The third-order valence-corrected chi connectivity index (χ3v) is 2.78. The van der Waals surface area contributed by atoms with Gasteiger partial charge in [0.15, 0.2) is 11.5 Å². The average Bonchev–Trinajstić information content (AvgIpc) is 2.38. The summed E-state index contributed by atoms with van der Waals surface area (Å²) in [6, 6.07) is 5.40. The fourth-order valence-corrected chi connectivity index (χ4v) is 1.59. The van der Waals surface area contributed by atoms with Crippen LogP contribution in [0, 0.1) is 5.92 Å². The minimum Gasteiger partial charge on any atom is -0.493 e. The summed E-state index contributed by atoms with van der Waals surface area (Å²) in [5, 5.41) is 12.0. The van der Waals surface area contributed by atoms with Crippen LogP contribution in [0.2, 0.25) is 0 Å². The molecular weight excluding hydrogens is 234 g/mol. The van der Waals surface area contributed by atoms with E-state index in [4.69, 9.17) is 14.6 Å². The largest absolute Gasteiger partial charge is 0.493 e. The summed E-state index contributed by atoms with van der Waals surface area (Å²) in [6.45, 7) is 2.25. The fraction of sp³-hybridized carbons (Fsp3) is 0.462. The maximum absolute atomic E-state index is 10.9. The van der Waals surface area contributed by atoms with Crippen LogP contribution in [0.3, 0.4) is 0 Å². The SMILES string of the molecule is CCC(CNc1ccc(OC)c(OC)c1)C(=O)O. The lowest BCUT2D eigenvalue weighted by Gasteiger charge is -2.14. The molecule has 1 unspecified atom stereocenters. The molecule has 1 aromatic carbocycles. The van der Waals surface area contributed by atoms with Crippen LogP contribution >= 0.6 is 0 Å². The lowest BCUT2D eigenvalue weighted by molar-refractivity contribution is -0.141. The summed E-state index contributed by atoms with van der Waals surface area (Å²) in [6.07, 6.45) is 0.593. The molecule has 100 valence electrons. The zero-order valence-electron chi connectivity index (χ0n) is 10.9. The van der Waals surface area contributed by atoms with Gasteiger partial charge in [-0.1, -0.05) is 6.92 Å². The third-order valence-electron chi connectivity index (χ3n) is 2.78. The Kier molecular flexibility index (Phi) is 5.30. The van der Waals surface area contributed by atoms with Gasteiger partial charge in [0.05, 0.1) is 20.1 Å². The minimum atomic E-state index is -0.787. The summed E-state index contributed by atoms with van der Waals surface area (Å²) in [7, 11) is 3.14. The summed E-state index contributed by atoms with van der Waals surface area (Å²) < 4.78 is 10.3. The van der Waals surface area contributed by atoms with Crippen molar-refractivity contribution >= 4 is 11.7 Å². The predicted molar refractivity (Wildman–Crippen MR) is 69.5 cm³/mol. The van der Waals surface area contributed by atoms with Crippen LogP contribution in [0.5, 0.6) is 11.5 Å². The first-order chi connectivity index (χ1) is 8.62. The van der Waals surface area contributed by atoms with Gasteiger partial charge in [0.1, 0.15) is 0 Å². The lowest BCUT2D eigenvalue weighted by atomic mass is 10.1. The van der Waals surface area contributed by atoms with E-state index in [0.717, 1.165) is 5.69 Å². The first-order valence-electron chi connectivity index (χ1n) is 5.81. The van der Waals surface area contributed by atoms with Crippen molar-refractivity contribution in [2.24, 2.45) is 5.92 Å². The van der Waals surface area contributed by atoms with Crippen LogP contribution in [0.25, 0.3) is 0 Å². The van der Waals surface area contributed by atoms with E-state index in [1.165, 1.54) is 0 Å². The van der Waals surface area contributed by atoms with E-state index in [9.17, 15) is 4.79 Å². The maximum Gasteiger partial charge on any atom is 0.308 e. The van der Waals surface area contributed by atoms with Gasteiger partial charge in [-0.3, -0.25) is 4.79 Å². The highest BCUT2D eigenvalue weighted by molar-refractivity contribution is 5.70. The average molecular weight is 253 g/mol. The predicted octanol–water partition coefficient (Wildman–Crippen LogP) is 2.23. The van der Waals surface area contributed by atoms with Crippen LogP contribution in [-0.4, -0.2) is 31.8 Å². The molecule has 1 aromatic rings. The molecule has 0 spiro atoms. The van der Waals surface area contributed by atoms with Gasteiger partial charge in [0.25, 0.3) is 0 Å². The number of anilines is 1. The highest BCUT2D eigenvalue weighted by atomic mass is 16.5. The van der Waals surface area contributed by atoms with Gasteiger partial charge in [0, 0.05) is 18.3 Å². The molecule has 0 fully saturated rings. The summed E-state index contributed by atoms with van der Waals surface area (Å²) >= 11 is 0. The highest BCUT2D eigenvalue weighted by Gasteiger charge is 2.14. The van der Waals surface area contributed by atoms with E-state index < -0.39 is 11.9 Å². The van der Waals surface area contributed by atoms with Crippen LogP contribution in [0.1, 0.15) is 13.3 Å². The zero-order valence-corrected chi connectivity index (χ0v) is 10.9. The lowest BCUT2D eigenvalue weighted by Crippen LogP contribution is -2.22. The first kappa shape index (κ1) is 14.2. The Morgan fingerprint density at radius 3 is 2.50 bits per heavy atom.